The summed E-state index contributed by atoms with van der Waals surface area (Å²) in [5.74, 6) is 0. The minimum absolute atomic E-state index is 0.0804. The van der Waals surface area contributed by atoms with Crippen LogP contribution < -0.4 is 0 Å². The second kappa shape index (κ2) is 21.6. The zero-order chi connectivity index (χ0) is 64.6. The third kappa shape index (κ3) is 14.0. The van der Waals surface area contributed by atoms with E-state index >= 15 is 0 Å². The summed E-state index contributed by atoms with van der Waals surface area (Å²) in [5, 5.41) is 0. The molecule has 0 aliphatic heterocycles. The second-order valence-corrected chi connectivity index (χ2v) is 38.2. The van der Waals surface area contributed by atoms with E-state index in [1.54, 1.807) is 0 Å². The van der Waals surface area contributed by atoms with Crippen LogP contribution in [-0.4, -0.2) is 0 Å². The fraction of sp³-hybridized carbons (Fsp3) is 0.571. The molecule has 84 heavy (non-hydrogen) atoms. The van der Waals surface area contributed by atoms with Crippen LogP contribution in [0.4, 0.5) is 0 Å². The van der Waals surface area contributed by atoms with E-state index in [2.05, 4.69) is 334 Å². The molecule has 0 aliphatic rings. The maximum Gasteiger partial charge on any atom is -0.000814 e. The van der Waals surface area contributed by atoms with Crippen molar-refractivity contribution in [3.8, 4) is 55.6 Å². The van der Waals surface area contributed by atoms with Crippen LogP contribution in [0.25, 0.3) is 55.6 Å². The van der Waals surface area contributed by atoms with Gasteiger partial charge >= 0.3 is 0 Å². The van der Waals surface area contributed by atoms with Crippen LogP contribution in [0.5, 0.6) is 0 Å². The van der Waals surface area contributed by atoms with E-state index in [1.165, 1.54) is 122 Å². The standard InChI is InChI=1S/C84H122/c1-73(2,3)52-42-58(77(13,14)15)67(59(43-52)78(16,17)18)56-50-57(68-60(79(19,20)21)44-53(74(4,5)6)45-61(68)80(22,23)24)69(70-62(81(25,26)27)46-54(75(7,8)9)47-63(70)82(28,29)30)72(66(56)51-40-38-37-39-41-51)71-64(83(31,32)33)48-55(76(10,11)12)49-65(71)84(34,35)36/h37-50H,1-36H3. The van der Waals surface area contributed by atoms with E-state index in [4.69, 9.17) is 0 Å². The van der Waals surface area contributed by atoms with Gasteiger partial charge in [-0.1, -0.05) is 328 Å². The maximum absolute atomic E-state index is 2.79. The quantitative estimate of drug-likeness (QED) is 0.161. The predicted molar refractivity (Wildman–Crippen MR) is 378 cm³/mol. The van der Waals surface area contributed by atoms with Gasteiger partial charge < -0.3 is 0 Å². The summed E-state index contributed by atoms with van der Waals surface area (Å²) in [4.78, 5) is 0. The Balaban J connectivity index is 2.42. The Kier molecular flexibility index (Phi) is 17.6. The van der Waals surface area contributed by atoms with Crippen LogP contribution in [0.2, 0.25) is 0 Å². The smallest absolute Gasteiger partial charge is 0.000814 e. The lowest BCUT2D eigenvalue weighted by atomic mass is 9.63. The molecule has 0 aromatic heterocycles. The Morgan fingerprint density at radius 3 is 0.560 bits per heavy atom. The highest BCUT2D eigenvalue weighted by Gasteiger charge is 2.42. The molecule has 0 aliphatic carbocycles. The molecule has 6 rings (SSSR count). The Labute approximate surface area is 518 Å². The van der Waals surface area contributed by atoms with E-state index in [0.717, 1.165) is 0 Å². The topological polar surface area (TPSA) is 0 Å². The van der Waals surface area contributed by atoms with Gasteiger partial charge in [-0.3, -0.25) is 0 Å². The third-order valence-corrected chi connectivity index (χ3v) is 17.9. The van der Waals surface area contributed by atoms with Gasteiger partial charge in [-0.2, -0.15) is 0 Å². The molecule has 0 nitrogen and oxygen atoms in total. The lowest BCUT2D eigenvalue weighted by Gasteiger charge is -2.40. The van der Waals surface area contributed by atoms with Gasteiger partial charge in [0.15, 0.2) is 0 Å². The van der Waals surface area contributed by atoms with Crippen LogP contribution in [0, 0.1) is 0 Å². The van der Waals surface area contributed by atoms with Crippen molar-refractivity contribution in [1.29, 1.82) is 0 Å². The van der Waals surface area contributed by atoms with E-state index in [0.29, 0.717) is 0 Å². The van der Waals surface area contributed by atoms with Crippen molar-refractivity contribution in [2.75, 3.05) is 0 Å². The van der Waals surface area contributed by atoms with Gasteiger partial charge in [0.1, 0.15) is 0 Å². The van der Waals surface area contributed by atoms with Gasteiger partial charge in [0.25, 0.3) is 0 Å². The van der Waals surface area contributed by atoms with Gasteiger partial charge in [0, 0.05) is 0 Å². The molecule has 0 heterocycles. The molecule has 458 valence electrons. The van der Waals surface area contributed by atoms with E-state index in [1.807, 2.05) is 0 Å². The van der Waals surface area contributed by atoms with Crippen molar-refractivity contribution in [2.24, 2.45) is 0 Å². The Hall–Kier alpha value is -4.68. The molecule has 0 unspecified atom stereocenters. The lowest BCUT2D eigenvalue weighted by molar-refractivity contribution is 0.548. The Bertz CT molecular complexity index is 3270. The van der Waals surface area contributed by atoms with Crippen molar-refractivity contribution < 1.29 is 0 Å². The molecule has 0 saturated heterocycles. The van der Waals surface area contributed by atoms with Crippen LogP contribution in [0.15, 0.2) is 84.9 Å². The number of rotatable bonds is 5. The second-order valence-electron chi connectivity index (χ2n) is 38.2. The molecule has 0 fully saturated rings. The van der Waals surface area contributed by atoms with Crippen molar-refractivity contribution in [3.63, 3.8) is 0 Å². The van der Waals surface area contributed by atoms with Gasteiger partial charge in [0.05, 0.1) is 0 Å². The normalized spacial score (nSPS) is 14.2. The first-order valence-electron chi connectivity index (χ1n) is 32.4. The molecule has 0 saturated carbocycles. The largest absolute Gasteiger partial charge is 0.0622 e. The van der Waals surface area contributed by atoms with Gasteiger partial charge in [-0.15, -0.1) is 0 Å². The molecule has 0 radical (unpaired) electrons. The molecular formula is C84H122. The summed E-state index contributed by atoms with van der Waals surface area (Å²) >= 11 is 0. The highest BCUT2D eigenvalue weighted by atomic mass is 14.5. The molecule has 0 amide bonds. The Morgan fingerprint density at radius 2 is 0.357 bits per heavy atom. The number of hydrogen-bond acceptors (Lipinski definition) is 0. The van der Waals surface area contributed by atoms with Gasteiger partial charge in [-0.25, -0.2) is 0 Å². The molecule has 0 atom stereocenters. The fourth-order valence-corrected chi connectivity index (χ4v) is 12.6. The summed E-state index contributed by atoms with van der Waals surface area (Å²) in [5.41, 5.74) is 27.7. The summed E-state index contributed by atoms with van der Waals surface area (Å²) < 4.78 is 0. The molecular weight excluding hydrogens is 1010 g/mol. The van der Waals surface area contributed by atoms with Crippen LogP contribution in [-0.2, 0) is 65.0 Å². The van der Waals surface area contributed by atoms with Gasteiger partial charge in [0.2, 0.25) is 0 Å². The maximum atomic E-state index is 2.79. The predicted octanol–water partition coefficient (Wildman–Crippen LogP) is 25.6. The van der Waals surface area contributed by atoms with Crippen LogP contribution in [0.1, 0.15) is 316 Å². The summed E-state index contributed by atoms with van der Waals surface area (Å²) in [6.07, 6.45) is 0. The van der Waals surface area contributed by atoms with Crippen LogP contribution >= 0.6 is 0 Å². The molecule has 0 spiro atoms. The summed E-state index contributed by atoms with van der Waals surface area (Å²) in [6, 6.07) is 35.6. The Morgan fingerprint density at radius 1 is 0.167 bits per heavy atom. The number of hydrogen-bond donors (Lipinski definition) is 0. The first-order chi connectivity index (χ1) is 37.3. The first-order valence-corrected chi connectivity index (χ1v) is 32.4. The van der Waals surface area contributed by atoms with Crippen molar-refractivity contribution in [3.05, 3.63) is 152 Å². The lowest BCUT2D eigenvalue weighted by Crippen LogP contribution is -2.26. The fourth-order valence-electron chi connectivity index (χ4n) is 12.6. The molecule has 0 bridgehead atoms. The van der Waals surface area contributed by atoms with E-state index in [9.17, 15) is 0 Å². The highest BCUT2D eigenvalue weighted by molar-refractivity contribution is 6.11. The van der Waals surface area contributed by atoms with Gasteiger partial charge in [-0.05, 0) is 193 Å². The highest BCUT2D eigenvalue weighted by Crippen LogP contribution is 2.61. The molecule has 0 N–H and O–H groups in total. The molecule has 6 aromatic carbocycles. The third-order valence-electron chi connectivity index (χ3n) is 17.9. The summed E-state index contributed by atoms with van der Waals surface area (Å²) in [6.45, 7) is 88.4. The van der Waals surface area contributed by atoms with E-state index < -0.39 is 0 Å². The average molecular weight is 1130 g/mol. The average Bonchev–Trinajstić information content (AvgIpc) is 0.721. The minimum Gasteiger partial charge on any atom is -0.0622 e. The number of benzene rings is 6. The van der Waals surface area contributed by atoms with Crippen molar-refractivity contribution >= 4 is 0 Å². The molecule has 0 heteroatoms. The summed E-state index contributed by atoms with van der Waals surface area (Å²) in [7, 11) is 0. The van der Waals surface area contributed by atoms with E-state index in [-0.39, 0.29) is 65.0 Å². The molecule has 6 aromatic rings. The first kappa shape index (κ1) is 68.4. The zero-order valence-electron chi connectivity index (χ0n) is 61.1. The SMILES string of the molecule is CC(C)(C)c1cc(C(C)(C)C)c(-c2cc(-c3c(C(C)(C)C)cc(C(C)(C)C)cc3C(C)(C)C)c(-c3c(C(C)(C)C)cc(C(C)(C)C)cc3C(C)(C)C)c(-c3c(C(C)(C)C)cc(C(C)(C)C)cc3C(C)(C)C)c2-c2ccccc2)c(C(C)(C)C)c1. The monoisotopic (exact) mass is 1130 g/mol. The van der Waals surface area contributed by atoms with Crippen molar-refractivity contribution in [1.82, 2.24) is 0 Å². The zero-order valence-corrected chi connectivity index (χ0v) is 61.1. The van der Waals surface area contributed by atoms with Crippen molar-refractivity contribution in [2.45, 2.75) is 314 Å². The minimum atomic E-state index is -0.267. The van der Waals surface area contributed by atoms with Crippen LogP contribution in [0.3, 0.4) is 0 Å².